The third-order valence-electron chi connectivity index (χ3n) is 6.03. The number of hydrogen-bond acceptors (Lipinski definition) is 7. The van der Waals surface area contributed by atoms with Gasteiger partial charge < -0.3 is 11.2 Å². The Bertz CT molecular complexity index is 1790. The maximum Gasteiger partial charge on any atom is 0.225 e. The van der Waals surface area contributed by atoms with Gasteiger partial charge in [-0.2, -0.15) is 5.10 Å². The van der Waals surface area contributed by atoms with Crippen molar-refractivity contribution in [2.24, 2.45) is 0 Å². The summed E-state index contributed by atoms with van der Waals surface area (Å²) in [5.74, 6) is 6.86. The van der Waals surface area contributed by atoms with Crippen molar-refractivity contribution in [3.63, 3.8) is 0 Å². The van der Waals surface area contributed by atoms with Gasteiger partial charge in [-0.05, 0) is 42.0 Å². The lowest BCUT2D eigenvalue weighted by Gasteiger charge is -2.05. The Balaban J connectivity index is 1.43. The second kappa shape index (κ2) is 8.79. The fourth-order valence-electron chi connectivity index (χ4n) is 4.15. The van der Waals surface area contributed by atoms with Crippen molar-refractivity contribution in [1.82, 2.24) is 34.8 Å². The Morgan fingerprint density at radius 2 is 1.92 bits per heavy atom. The number of halogens is 1. The molecule has 0 saturated heterocycles. The van der Waals surface area contributed by atoms with Crippen LogP contribution in [-0.4, -0.2) is 40.7 Å². The Hall–Kier alpha value is -5.19. The Labute approximate surface area is 209 Å². The normalized spacial score (nSPS) is 11.3. The van der Waals surface area contributed by atoms with E-state index in [1.807, 2.05) is 18.2 Å². The van der Waals surface area contributed by atoms with E-state index in [9.17, 15) is 9.18 Å². The van der Waals surface area contributed by atoms with Crippen LogP contribution < -0.4 is 11.2 Å². The van der Waals surface area contributed by atoms with Crippen LogP contribution in [0, 0.1) is 5.82 Å². The smallest absolute Gasteiger partial charge is 0.225 e. The number of hydrogen-bond donors (Lipinski definition) is 3. The summed E-state index contributed by atoms with van der Waals surface area (Å²) >= 11 is 0. The molecular weight excluding hydrogens is 473 g/mol. The molecule has 0 fully saturated rings. The lowest BCUT2D eigenvalue weighted by atomic mass is 10.1. The molecule has 182 valence electrons. The summed E-state index contributed by atoms with van der Waals surface area (Å²) in [5.41, 5.74) is 5.02. The minimum atomic E-state index is -0.344. The van der Waals surface area contributed by atoms with Gasteiger partial charge in [0.05, 0.1) is 5.39 Å². The van der Waals surface area contributed by atoms with Crippen LogP contribution in [0.4, 0.5) is 10.2 Å². The van der Waals surface area contributed by atoms with Crippen molar-refractivity contribution >= 4 is 33.9 Å². The molecule has 1 amide bonds. The van der Waals surface area contributed by atoms with E-state index in [-0.39, 0.29) is 11.7 Å². The van der Waals surface area contributed by atoms with Crippen molar-refractivity contribution in [3.8, 4) is 33.8 Å². The number of aromatic amines is 1. The first-order valence-electron chi connectivity index (χ1n) is 11.5. The average Bonchev–Trinajstić information content (AvgIpc) is 3.49. The van der Waals surface area contributed by atoms with E-state index in [1.165, 1.54) is 16.8 Å². The topological polar surface area (TPSA) is 140 Å². The second-order valence-electron chi connectivity index (χ2n) is 8.37. The lowest BCUT2D eigenvalue weighted by molar-refractivity contribution is -0.115. The molecule has 4 N–H and O–H groups in total. The van der Waals surface area contributed by atoms with Gasteiger partial charge >= 0.3 is 0 Å². The number of fused-ring (bicyclic) bond motifs is 2. The number of rotatable bonds is 5. The highest BCUT2D eigenvalue weighted by Gasteiger charge is 2.20. The number of benzene rings is 1. The van der Waals surface area contributed by atoms with Gasteiger partial charge in [0.25, 0.3) is 0 Å². The highest BCUT2D eigenvalue weighted by atomic mass is 19.1. The van der Waals surface area contributed by atoms with Gasteiger partial charge in [0.2, 0.25) is 5.91 Å². The number of nitrogens with one attached hydrogen (secondary N) is 2. The number of nitrogens with zero attached hydrogens (tertiary/aromatic N) is 6. The molecule has 5 aromatic heterocycles. The minimum Gasteiger partial charge on any atom is -0.336 e. The quantitative estimate of drug-likeness (QED) is 0.304. The van der Waals surface area contributed by atoms with Gasteiger partial charge in [-0.15, -0.1) is 0 Å². The van der Waals surface area contributed by atoms with Gasteiger partial charge in [0.1, 0.15) is 22.8 Å². The molecule has 0 radical (unpaired) electrons. The maximum atomic E-state index is 13.9. The molecule has 1 aromatic carbocycles. The number of H-pyrrole nitrogens is 1. The molecule has 5 heterocycles. The van der Waals surface area contributed by atoms with Crippen molar-refractivity contribution in [2.75, 3.05) is 11.2 Å². The van der Waals surface area contributed by atoms with E-state index in [2.05, 4.69) is 30.5 Å². The third-order valence-corrected chi connectivity index (χ3v) is 6.03. The summed E-state index contributed by atoms with van der Waals surface area (Å²) in [6.45, 7) is 1.78. The Kier molecular flexibility index (Phi) is 5.29. The SMILES string of the molecule is CCC(=O)Nc1ccc(-c2cnc3n[nH]c(-c4nc5c(-c6cccc(F)c6)ccnc5n4N)c3c2)cn1. The van der Waals surface area contributed by atoms with E-state index in [0.29, 0.717) is 57.1 Å². The first-order valence-corrected chi connectivity index (χ1v) is 11.5. The monoisotopic (exact) mass is 493 g/mol. The summed E-state index contributed by atoms with van der Waals surface area (Å²) in [5, 5.41) is 10.7. The molecule has 0 saturated carbocycles. The van der Waals surface area contributed by atoms with Crippen molar-refractivity contribution < 1.29 is 9.18 Å². The van der Waals surface area contributed by atoms with Crippen molar-refractivity contribution in [1.29, 1.82) is 0 Å². The van der Waals surface area contributed by atoms with Crippen LogP contribution in [0.2, 0.25) is 0 Å². The highest BCUT2D eigenvalue weighted by molar-refractivity contribution is 5.96. The zero-order valence-corrected chi connectivity index (χ0v) is 19.6. The number of anilines is 1. The predicted octanol–water partition coefficient (Wildman–Crippen LogP) is 4.30. The standard InChI is InChI=1S/C26H20FN9O/c1-2-21(37)32-20-7-6-15(12-30-20)16-11-19-23(34-35-24(19)31-13-16)26-33-22-18(8-9-29-25(22)36(26)28)14-4-3-5-17(27)10-14/h3-13H,2,28H2,1H3,(H,30,32,37)(H,31,34,35). The van der Waals surface area contributed by atoms with Crippen LogP contribution in [0.5, 0.6) is 0 Å². The van der Waals surface area contributed by atoms with Crippen LogP contribution in [0.3, 0.4) is 0 Å². The van der Waals surface area contributed by atoms with Crippen molar-refractivity contribution in [2.45, 2.75) is 13.3 Å². The molecule has 37 heavy (non-hydrogen) atoms. The number of carbonyl (C=O) groups excluding carboxylic acids is 1. The first-order chi connectivity index (χ1) is 18.0. The molecule has 10 nitrogen and oxygen atoms in total. The molecule has 0 bridgehead atoms. The number of amides is 1. The highest BCUT2D eigenvalue weighted by Crippen LogP contribution is 2.33. The minimum absolute atomic E-state index is 0.105. The number of nitrogens with two attached hydrogens (primary N) is 1. The van der Waals surface area contributed by atoms with Gasteiger partial charge in [-0.3, -0.25) is 9.89 Å². The van der Waals surface area contributed by atoms with E-state index in [4.69, 9.17) is 10.8 Å². The molecule has 0 aliphatic rings. The Morgan fingerprint density at radius 3 is 2.70 bits per heavy atom. The van der Waals surface area contributed by atoms with E-state index in [0.717, 1.165) is 11.1 Å². The molecule has 0 aliphatic heterocycles. The average molecular weight is 494 g/mol. The van der Waals surface area contributed by atoms with Crippen LogP contribution >= 0.6 is 0 Å². The molecular formula is C26H20FN9O. The first kappa shape index (κ1) is 22.3. The lowest BCUT2D eigenvalue weighted by Crippen LogP contribution is -2.10. The van der Waals surface area contributed by atoms with Gasteiger partial charge in [0, 0.05) is 41.7 Å². The van der Waals surface area contributed by atoms with E-state index >= 15 is 0 Å². The Morgan fingerprint density at radius 1 is 1.05 bits per heavy atom. The summed E-state index contributed by atoms with van der Waals surface area (Å²) in [7, 11) is 0. The second-order valence-corrected chi connectivity index (χ2v) is 8.37. The van der Waals surface area contributed by atoms with Crippen LogP contribution in [-0.2, 0) is 4.79 Å². The fourth-order valence-corrected chi connectivity index (χ4v) is 4.15. The van der Waals surface area contributed by atoms with E-state index < -0.39 is 0 Å². The van der Waals surface area contributed by atoms with Gasteiger partial charge in [-0.1, -0.05) is 19.1 Å². The number of aromatic nitrogens is 7. The predicted molar refractivity (Wildman–Crippen MR) is 138 cm³/mol. The molecule has 0 unspecified atom stereocenters. The summed E-state index contributed by atoms with van der Waals surface area (Å²) in [6.07, 6.45) is 5.35. The van der Waals surface area contributed by atoms with E-state index in [1.54, 1.807) is 43.7 Å². The molecule has 0 atom stereocenters. The molecule has 0 aliphatic carbocycles. The summed E-state index contributed by atoms with van der Waals surface area (Å²) < 4.78 is 15.3. The summed E-state index contributed by atoms with van der Waals surface area (Å²) in [6, 6.07) is 13.6. The van der Waals surface area contributed by atoms with Crippen LogP contribution in [0.15, 0.2) is 67.1 Å². The molecule has 11 heteroatoms. The molecule has 6 aromatic rings. The third kappa shape index (κ3) is 3.92. The number of imidazole rings is 1. The zero-order valence-electron chi connectivity index (χ0n) is 19.6. The molecule has 6 rings (SSSR count). The summed E-state index contributed by atoms with van der Waals surface area (Å²) in [4.78, 5) is 29.6. The van der Waals surface area contributed by atoms with Crippen LogP contribution in [0.25, 0.3) is 56.0 Å². The number of pyridine rings is 3. The molecule has 0 spiro atoms. The van der Waals surface area contributed by atoms with Crippen molar-refractivity contribution in [3.05, 3.63) is 72.9 Å². The number of nitrogen functional groups attached to an aromatic ring is 1. The maximum absolute atomic E-state index is 13.9. The fraction of sp³-hybridized carbons (Fsp3) is 0.0769. The van der Waals surface area contributed by atoms with Gasteiger partial charge in [-0.25, -0.2) is 29.0 Å². The zero-order chi connectivity index (χ0) is 25.5. The largest absolute Gasteiger partial charge is 0.336 e. The van der Waals surface area contributed by atoms with Crippen LogP contribution in [0.1, 0.15) is 13.3 Å². The number of carbonyl (C=O) groups is 1. The van der Waals surface area contributed by atoms with Gasteiger partial charge in [0.15, 0.2) is 17.1 Å².